The zero-order valence-electron chi connectivity index (χ0n) is 27.0. The molecule has 0 amide bonds. The molecule has 0 aliphatic heterocycles. The van der Waals surface area contributed by atoms with Crippen molar-refractivity contribution >= 4 is 76.2 Å². The summed E-state index contributed by atoms with van der Waals surface area (Å²) in [7, 11) is 0. The average molecular weight is 637 g/mol. The lowest BCUT2D eigenvalue weighted by Crippen LogP contribution is -1.91. The van der Waals surface area contributed by atoms with Gasteiger partial charge >= 0.3 is 0 Å². The van der Waals surface area contributed by atoms with Crippen molar-refractivity contribution in [2.45, 2.75) is 0 Å². The van der Waals surface area contributed by atoms with E-state index in [0.717, 1.165) is 55.0 Å². The normalized spacial score (nSPS) is 12.0. The molecule has 0 saturated heterocycles. The molecule has 0 spiro atoms. The van der Waals surface area contributed by atoms with Crippen molar-refractivity contribution in [2.24, 2.45) is 0 Å². The molecule has 11 aromatic rings. The Hall–Kier alpha value is -6.64. The lowest BCUT2D eigenvalue weighted by atomic mass is 9.85. The van der Waals surface area contributed by atoms with Crippen molar-refractivity contribution in [3.05, 3.63) is 170 Å². The van der Waals surface area contributed by atoms with E-state index in [2.05, 4.69) is 146 Å². The topological polar surface area (TPSA) is 26.3 Å². The van der Waals surface area contributed by atoms with Crippen LogP contribution in [0.3, 0.4) is 0 Å². The van der Waals surface area contributed by atoms with E-state index >= 15 is 0 Å². The first-order chi connectivity index (χ1) is 24.8. The van der Waals surface area contributed by atoms with Crippen LogP contribution < -0.4 is 0 Å². The molecule has 0 radical (unpaired) electrons. The first-order valence-corrected chi connectivity index (χ1v) is 17.1. The number of hydrogen-bond donors (Lipinski definition) is 0. The molecule has 232 valence electrons. The summed E-state index contributed by atoms with van der Waals surface area (Å²) in [6.45, 7) is 0. The molecule has 0 saturated carbocycles. The van der Waals surface area contributed by atoms with E-state index in [1.54, 1.807) is 0 Å². The van der Waals surface area contributed by atoms with Crippen LogP contribution in [0.25, 0.3) is 110 Å². The van der Waals surface area contributed by atoms with Crippen molar-refractivity contribution in [2.75, 3.05) is 0 Å². The summed E-state index contributed by atoms with van der Waals surface area (Å²) in [4.78, 5) is 0. The molecule has 0 atom stereocenters. The highest BCUT2D eigenvalue weighted by Crippen LogP contribution is 2.47. The summed E-state index contributed by atoms with van der Waals surface area (Å²) >= 11 is 0. The van der Waals surface area contributed by atoms with Crippen LogP contribution in [0.15, 0.2) is 179 Å². The molecule has 50 heavy (non-hydrogen) atoms. The van der Waals surface area contributed by atoms with E-state index in [4.69, 9.17) is 8.83 Å². The van der Waals surface area contributed by atoms with Crippen LogP contribution >= 0.6 is 0 Å². The lowest BCUT2D eigenvalue weighted by molar-refractivity contribution is 0.664. The highest BCUT2D eigenvalue weighted by molar-refractivity contribution is 6.24. The van der Waals surface area contributed by atoms with Gasteiger partial charge in [-0.25, -0.2) is 0 Å². The summed E-state index contributed by atoms with van der Waals surface area (Å²) in [5.41, 5.74) is 10.7. The third-order valence-corrected chi connectivity index (χ3v) is 10.4. The minimum Gasteiger partial charge on any atom is -0.456 e. The van der Waals surface area contributed by atoms with Crippen LogP contribution in [-0.2, 0) is 0 Å². The summed E-state index contributed by atoms with van der Waals surface area (Å²) < 4.78 is 13.1. The molecule has 2 nitrogen and oxygen atoms in total. The van der Waals surface area contributed by atoms with Crippen LogP contribution in [0.1, 0.15) is 0 Å². The smallest absolute Gasteiger partial charge is 0.144 e. The van der Waals surface area contributed by atoms with Crippen molar-refractivity contribution in [1.82, 2.24) is 0 Å². The van der Waals surface area contributed by atoms with Crippen LogP contribution in [-0.4, -0.2) is 0 Å². The molecule has 9 aromatic carbocycles. The van der Waals surface area contributed by atoms with Gasteiger partial charge in [-0.05, 0) is 90.5 Å². The number of benzene rings is 9. The van der Waals surface area contributed by atoms with Crippen molar-refractivity contribution in [3.8, 4) is 33.4 Å². The van der Waals surface area contributed by atoms with Gasteiger partial charge in [0.2, 0.25) is 0 Å². The Morgan fingerprint density at radius 1 is 0.280 bits per heavy atom. The summed E-state index contributed by atoms with van der Waals surface area (Å²) in [6.07, 6.45) is 0. The molecule has 11 rings (SSSR count). The maximum atomic E-state index is 6.64. The van der Waals surface area contributed by atoms with E-state index in [-0.39, 0.29) is 0 Å². The molecule has 2 aromatic heterocycles. The first-order valence-electron chi connectivity index (χ1n) is 17.1. The van der Waals surface area contributed by atoms with Gasteiger partial charge in [-0.1, -0.05) is 140 Å². The van der Waals surface area contributed by atoms with E-state index in [1.165, 1.54) is 54.6 Å². The predicted molar refractivity (Wildman–Crippen MR) is 210 cm³/mol. The Balaban J connectivity index is 1.15. The molecule has 2 heteroatoms. The minimum absolute atomic E-state index is 0.869. The SMILES string of the molecule is c1ccc(-c2c3ccccc3c(-c3ccc4cc(-c5c6oc7ccccc7c6cc6oc7ccccc7c56)ccc4c3)c3ccccc23)cc1. The third kappa shape index (κ3) is 3.90. The van der Waals surface area contributed by atoms with Gasteiger partial charge in [0.05, 0.1) is 0 Å². The molecular formula is C48H28O2. The largest absolute Gasteiger partial charge is 0.456 e. The van der Waals surface area contributed by atoms with Gasteiger partial charge in [-0.3, -0.25) is 0 Å². The Kier molecular flexibility index (Phi) is 5.70. The number of rotatable bonds is 3. The molecule has 0 fully saturated rings. The molecule has 0 N–H and O–H groups in total. The Morgan fingerprint density at radius 3 is 1.38 bits per heavy atom. The van der Waals surface area contributed by atoms with Gasteiger partial charge in [0.1, 0.15) is 22.3 Å². The minimum atomic E-state index is 0.869. The molecule has 2 heterocycles. The lowest BCUT2D eigenvalue weighted by Gasteiger charge is -2.18. The Bertz CT molecular complexity index is 3080. The molecule has 0 bridgehead atoms. The number of furan rings is 2. The predicted octanol–water partition coefficient (Wildman–Crippen LogP) is 13.9. The van der Waals surface area contributed by atoms with Crippen LogP contribution in [0.5, 0.6) is 0 Å². The number of hydrogen-bond acceptors (Lipinski definition) is 2. The van der Waals surface area contributed by atoms with Crippen LogP contribution in [0.2, 0.25) is 0 Å². The standard InChI is InChI=1S/C48H28O2/c1-2-12-29(13-3-1)44-35-15-4-6-17-37(35)45(38-18-7-5-16-36(38)44)32-24-22-31-27-33(25-23-30(31)26-32)46-47-39-19-9-11-21-42(39)49-43(47)28-40-34-14-8-10-20-41(34)50-48(40)46/h1-28H. The van der Waals surface area contributed by atoms with Gasteiger partial charge in [0, 0.05) is 27.1 Å². The fraction of sp³-hybridized carbons (Fsp3) is 0. The van der Waals surface area contributed by atoms with Crippen LogP contribution in [0.4, 0.5) is 0 Å². The van der Waals surface area contributed by atoms with E-state index in [0.29, 0.717) is 0 Å². The first kappa shape index (κ1) is 27.3. The second-order valence-electron chi connectivity index (χ2n) is 13.2. The average Bonchev–Trinajstić information content (AvgIpc) is 3.74. The summed E-state index contributed by atoms with van der Waals surface area (Å²) in [6, 6.07) is 60.8. The Morgan fingerprint density at radius 2 is 0.760 bits per heavy atom. The summed E-state index contributed by atoms with van der Waals surface area (Å²) in [5, 5.41) is 11.7. The van der Waals surface area contributed by atoms with Gasteiger partial charge < -0.3 is 8.83 Å². The fourth-order valence-corrected chi connectivity index (χ4v) is 8.25. The third-order valence-electron chi connectivity index (χ3n) is 10.4. The van der Waals surface area contributed by atoms with Crippen molar-refractivity contribution < 1.29 is 8.83 Å². The zero-order chi connectivity index (χ0) is 32.8. The van der Waals surface area contributed by atoms with Gasteiger partial charge in [-0.15, -0.1) is 0 Å². The van der Waals surface area contributed by atoms with Crippen molar-refractivity contribution in [3.63, 3.8) is 0 Å². The van der Waals surface area contributed by atoms with Crippen molar-refractivity contribution in [1.29, 1.82) is 0 Å². The number of para-hydroxylation sites is 2. The zero-order valence-corrected chi connectivity index (χ0v) is 27.0. The second kappa shape index (κ2) is 10.4. The molecule has 0 aliphatic carbocycles. The highest BCUT2D eigenvalue weighted by atomic mass is 16.3. The van der Waals surface area contributed by atoms with E-state index in [9.17, 15) is 0 Å². The maximum absolute atomic E-state index is 6.64. The van der Waals surface area contributed by atoms with Crippen LogP contribution in [0, 0.1) is 0 Å². The number of fused-ring (bicyclic) bond motifs is 9. The second-order valence-corrected chi connectivity index (χ2v) is 13.2. The summed E-state index contributed by atoms with van der Waals surface area (Å²) in [5.74, 6) is 0. The molecule has 0 unspecified atom stereocenters. The highest BCUT2D eigenvalue weighted by Gasteiger charge is 2.22. The molecule has 0 aliphatic rings. The Labute approximate surface area is 287 Å². The van der Waals surface area contributed by atoms with Gasteiger partial charge in [0.15, 0.2) is 0 Å². The molecular weight excluding hydrogens is 609 g/mol. The van der Waals surface area contributed by atoms with E-state index < -0.39 is 0 Å². The monoisotopic (exact) mass is 636 g/mol. The quantitative estimate of drug-likeness (QED) is 0.180. The maximum Gasteiger partial charge on any atom is 0.144 e. The van der Waals surface area contributed by atoms with E-state index in [1.807, 2.05) is 24.3 Å². The van der Waals surface area contributed by atoms with Gasteiger partial charge in [0.25, 0.3) is 0 Å². The fourth-order valence-electron chi connectivity index (χ4n) is 8.25. The van der Waals surface area contributed by atoms with Gasteiger partial charge in [-0.2, -0.15) is 0 Å².